The average molecular weight is 264 g/mol. The summed E-state index contributed by atoms with van der Waals surface area (Å²) in [5, 5.41) is 3.30. The Morgan fingerprint density at radius 1 is 1.44 bits per heavy atom. The van der Waals surface area contributed by atoms with E-state index in [4.69, 9.17) is 0 Å². The van der Waals surface area contributed by atoms with Gasteiger partial charge < -0.3 is 10.2 Å². The highest BCUT2D eigenvalue weighted by molar-refractivity contribution is 7.98. The van der Waals surface area contributed by atoms with Crippen molar-refractivity contribution < 1.29 is 4.79 Å². The minimum atomic E-state index is 0.237. The number of benzene rings is 1. The van der Waals surface area contributed by atoms with Crippen LogP contribution in [0, 0.1) is 0 Å². The molecule has 2 rings (SSSR count). The summed E-state index contributed by atoms with van der Waals surface area (Å²) in [4.78, 5) is 15.4. The lowest BCUT2D eigenvalue weighted by molar-refractivity contribution is -0.133. The Hall–Kier alpha value is -1.00. The molecule has 0 aliphatic carbocycles. The molecule has 0 spiro atoms. The molecule has 4 heteroatoms. The number of thioether (sulfide) groups is 1. The van der Waals surface area contributed by atoms with Crippen molar-refractivity contribution in [2.75, 3.05) is 25.9 Å². The second-order valence-corrected chi connectivity index (χ2v) is 5.54. The number of hydrogen-bond acceptors (Lipinski definition) is 3. The Morgan fingerprint density at radius 3 is 2.78 bits per heavy atom. The molecule has 1 amide bonds. The second kappa shape index (κ2) is 6.25. The monoisotopic (exact) mass is 264 g/mol. The van der Waals surface area contributed by atoms with Crippen molar-refractivity contribution in [3.8, 4) is 0 Å². The summed E-state index contributed by atoms with van der Waals surface area (Å²) < 4.78 is 0. The maximum absolute atomic E-state index is 12.2. The van der Waals surface area contributed by atoms with Crippen molar-refractivity contribution in [1.29, 1.82) is 0 Å². The lowest BCUT2D eigenvalue weighted by Crippen LogP contribution is -2.52. The van der Waals surface area contributed by atoms with Crippen molar-refractivity contribution >= 4 is 17.7 Å². The molecule has 0 radical (unpaired) electrons. The Balaban J connectivity index is 1.97. The summed E-state index contributed by atoms with van der Waals surface area (Å²) in [5.74, 6) is 0.237. The van der Waals surface area contributed by atoms with Crippen LogP contribution in [0.2, 0.25) is 0 Å². The van der Waals surface area contributed by atoms with Gasteiger partial charge in [0.15, 0.2) is 0 Å². The zero-order valence-electron chi connectivity index (χ0n) is 11.0. The molecule has 3 nitrogen and oxygen atoms in total. The van der Waals surface area contributed by atoms with Crippen LogP contribution in [0.15, 0.2) is 29.2 Å². The van der Waals surface area contributed by atoms with Crippen LogP contribution in [0.1, 0.15) is 12.5 Å². The predicted octanol–water partition coefficient (Wildman–Crippen LogP) is 1.77. The summed E-state index contributed by atoms with van der Waals surface area (Å²) in [6.07, 6.45) is 2.57. The standard InChI is InChI=1S/C14H20N2OS/c1-11-10-15-7-8-16(11)14(17)9-12-3-5-13(18-2)6-4-12/h3-6,11,15H,7-10H2,1-2H3. The zero-order chi connectivity index (χ0) is 13.0. The first-order valence-electron chi connectivity index (χ1n) is 6.34. The van der Waals surface area contributed by atoms with Gasteiger partial charge in [0.1, 0.15) is 0 Å². The van der Waals surface area contributed by atoms with Gasteiger partial charge in [-0.2, -0.15) is 0 Å². The second-order valence-electron chi connectivity index (χ2n) is 4.67. The Kier molecular flexibility index (Phi) is 4.66. The molecule has 1 aliphatic rings. The van der Waals surface area contributed by atoms with E-state index in [1.165, 1.54) is 4.90 Å². The molecule has 1 heterocycles. The van der Waals surface area contributed by atoms with Gasteiger partial charge in [-0.1, -0.05) is 12.1 Å². The predicted molar refractivity (Wildman–Crippen MR) is 76.0 cm³/mol. The summed E-state index contributed by atoms with van der Waals surface area (Å²) in [5.41, 5.74) is 1.10. The molecule has 1 aromatic rings. The maximum atomic E-state index is 12.2. The topological polar surface area (TPSA) is 32.3 Å². The SMILES string of the molecule is CSc1ccc(CC(=O)N2CCNCC2C)cc1. The van der Waals surface area contributed by atoms with Crippen LogP contribution in [0.4, 0.5) is 0 Å². The number of carbonyl (C=O) groups excluding carboxylic acids is 1. The van der Waals surface area contributed by atoms with Crippen LogP contribution in [0.25, 0.3) is 0 Å². The molecule has 0 aromatic heterocycles. The average Bonchev–Trinajstić information content (AvgIpc) is 2.40. The summed E-state index contributed by atoms with van der Waals surface area (Å²) in [6, 6.07) is 8.56. The van der Waals surface area contributed by atoms with Gasteiger partial charge in [-0.3, -0.25) is 4.79 Å². The third-order valence-corrected chi connectivity index (χ3v) is 4.08. The highest BCUT2D eigenvalue weighted by Crippen LogP contribution is 2.16. The number of hydrogen-bond donors (Lipinski definition) is 1. The molecule has 1 saturated heterocycles. The van der Waals surface area contributed by atoms with E-state index in [-0.39, 0.29) is 5.91 Å². The molecule has 1 N–H and O–H groups in total. The van der Waals surface area contributed by atoms with Crippen LogP contribution in [-0.4, -0.2) is 42.7 Å². The highest BCUT2D eigenvalue weighted by Gasteiger charge is 2.22. The van der Waals surface area contributed by atoms with Crippen molar-refractivity contribution in [1.82, 2.24) is 10.2 Å². The number of piperazine rings is 1. The van der Waals surface area contributed by atoms with Gasteiger partial charge >= 0.3 is 0 Å². The molecular weight excluding hydrogens is 244 g/mol. The number of carbonyl (C=O) groups is 1. The smallest absolute Gasteiger partial charge is 0.227 e. The number of nitrogens with zero attached hydrogens (tertiary/aromatic N) is 1. The molecular formula is C14H20N2OS. The van der Waals surface area contributed by atoms with Crippen LogP contribution in [0.5, 0.6) is 0 Å². The van der Waals surface area contributed by atoms with Gasteiger partial charge in [0.25, 0.3) is 0 Å². The highest BCUT2D eigenvalue weighted by atomic mass is 32.2. The van der Waals surface area contributed by atoms with E-state index in [9.17, 15) is 4.79 Å². The molecule has 18 heavy (non-hydrogen) atoms. The van der Waals surface area contributed by atoms with Gasteiger partial charge in [-0.25, -0.2) is 0 Å². The van der Waals surface area contributed by atoms with E-state index >= 15 is 0 Å². The van der Waals surface area contributed by atoms with Crippen molar-refractivity contribution in [3.05, 3.63) is 29.8 Å². The summed E-state index contributed by atoms with van der Waals surface area (Å²) in [7, 11) is 0. The van der Waals surface area contributed by atoms with Crippen molar-refractivity contribution in [3.63, 3.8) is 0 Å². The molecule has 0 bridgehead atoms. The Morgan fingerprint density at radius 2 is 2.17 bits per heavy atom. The fourth-order valence-electron chi connectivity index (χ4n) is 2.23. The van der Waals surface area contributed by atoms with E-state index in [1.807, 2.05) is 4.90 Å². The number of amides is 1. The van der Waals surface area contributed by atoms with E-state index in [1.54, 1.807) is 11.8 Å². The third-order valence-electron chi connectivity index (χ3n) is 3.34. The van der Waals surface area contributed by atoms with Gasteiger partial charge in [0.2, 0.25) is 5.91 Å². The van der Waals surface area contributed by atoms with Crippen LogP contribution in [-0.2, 0) is 11.2 Å². The first kappa shape index (κ1) is 13.4. The lowest BCUT2D eigenvalue weighted by Gasteiger charge is -2.34. The minimum Gasteiger partial charge on any atom is -0.337 e. The summed E-state index contributed by atoms with van der Waals surface area (Å²) in [6.45, 7) is 4.72. The quantitative estimate of drug-likeness (QED) is 0.845. The van der Waals surface area contributed by atoms with Gasteiger partial charge in [0.05, 0.1) is 6.42 Å². The first-order chi connectivity index (χ1) is 8.70. The fourth-order valence-corrected chi connectivity index (χ4v) is 2.64. The molecule has 0 saturated carbocycles. The van der Waals surface area contributed by atoms with Crippen molar-refractivity contribution in [2.45, 2.75) is 24.3 Å². The van der Waals surface area contributed by atoms with Crippen molar-refractivity contribution in [2.24, 2.45) is 0 Å². The fraction of sp³-hybridized carbons (Fsp3) is 0.500. The zero-order valence-corrected chi connectivity index (χ0v) is 11.8. The molecule has 1 atom stereocenters. The Labute approximate surface area is 113 Å². The van der Waals surface area contributed by atoms with E-state index in [0.29, 0.717) is 12.5 Å². The summed E-state index contributed by atoms with van der Waals surface area (Å²) >= 11 is 1.72. The third kappa shape index (κ3) is 3.27. The van der Waals surface area contributed by atoms with Crippen LogP contribution >= 0.6 is 11.8 Å². The lowest BCUT2D eigenvalue weighted by atomic mass is 10.1. The molecule has 1 aliphatic heterocycles. The van der Waals surface area contributed by atoms with Gasteiger partial charge in [-0.15, -0.1) is 11.8 Å². The minimum absolute atomic E-state index is 0.237. The number of rotatable bonds is 3. The molecule has 1 aromatic carbocycles. The number of nitrogens with one attached hydrogen (secondary N) is 1. The van der Waals surface area contributed by atoms with E-state index in [0.717, 1.165) is 25.2 Å². The maximum Gasteiger partial charge on any atom is 0.227 e. The van der Waals surface area contributed by atoms with Gasteiger partial charge in [-0.05, 0) is 30.9 Å². The largest absolute Gasteiger partial charge is 0.337 e. The molecule has 1 unspecified atom stereocenters. The van der Waals surface area contributed by atoms with Crippen LogP contribution < -0.4 is 5.32 Å². The first-order valence-corrected chi connectivity index (χ1v) is 7.56. The van der Waals surface area contributed by atoms with Crippen LogP contribution in [0.3, 0.4) is 0 Å². The van der Waals surface area contributed by atoms with E-state index in [2.05, 4.69) is 42.8 Å². The van der Waals surface area contributed by atoms with Gasteiger partial charge in [0, 0.05) is 30.6 Å². The molecule has 1 fully saturated rings. The Bertz CT molecular complexity index is 405. The van der Waals surface area contributed by atoms with E-state index < -0.39 is 0 Å². The molecule has 98 valence electrons. The normalized spacial score (nSPS) is 19.9.